The molecule has 1 aliphatic carbocycles. The van der Waals surface area contributed by atoms with Crippen molar-refractivity contribution < 1.29 is 4.79 Å². The van der Waals surface area contributed by atoms with E-state index in [2.05, 4.69) is 25.6 Å². The van der Waals surface area contributed by atoms with Crippen molar-refractivity contribution >= 4 is 5.78 Å². The zero-order chi connectivity index (χ0) is 11.5. The summed E-state index contributed by atoms with van der Waals surface area (Å²) < 4.78 is 0. The lowest BCUT2D eigenvalue weighted by molar-refractivity contribution is -0.115. The topological polar surface area (TPSA) is 17.1 Å². The Bertz CT molecular complexity index is 440. The molecule has 1 nitrogen and oxygen atoms in total. The highest BCUT2D eigenvalue weighted by atomic mass is 16.1. The van der Waals surface area contributed by atoms with Crippen molar-refractivity contribution in [3.05, 3.63) is 59.7 Å². The van der Waals surface area contributed by atoms with Gasteiger partial charge >= 0.3 is 0 Å². The van der Waals surface area contributed by atoms with Crippen molar-refractivity contribution in [3.63, 3.8) is 0 Å². The zero-order valence-electron chi connectivity index (χ0n) is 9.57. The van der Waals surface area contributed by atoms with E-state index in [0.29, 0.717) is 6.42 Å². The Morgan fingerprint density at radius 1 is 1.31 bits per heavy atom. The second-order valence-corrected chi connectivity index (χ2v) is 4.18. The number of allylic oxidation sites excluding steroid dienone is 3. The Labute approximate surface area is 96.5 Å². The maximum Gasteiger partial charge on any atom is 0.156 e. The Kier molecular flexibility index (Phi) is 3.04. The third-order valence-corrected chi connectivity index (χ3v) is 3.16. The van der Waals surface area contributed by atoms with E-state index in [1.807, 2.05) is 18.2 Å². The van der Waals surface area contributed by atoms with Crippen LogP contribution < -0.4 is 0 Å². The number of rotatable bonds is 2. The van der Waals surface area contributed by atoms with Crippen LogP contribution in [0.5, 0.6) is 0 Å². The molecule has 0 N–H and O–H groups in total. The van der Waals surface area contributed by atoms with E-state index in [4.69, 9.17) is 0 Å². The van der Waals surface area contributed by atoms with Gasteiger partial charge in [-0.25, -0.2) is 0 Å². The lowest BCUT2D eigenvalue weighted by atomic mass is 9.79. The molecule has 2 rings (SSSR count). The summed E-state index contributed by atoms with van der Waals surface area (Å²) in [4.78, 5) is 11.6. The molecule has 0 aromatic heterocycles. The fraction of sp³-hybridized carbons (Fsp3) is 0.267. The largest absolute Gasteiger partial charge is 0.295 e. The van der Waals surface area contributed by atoms with Crippen LogP contribution in [0.3, 0.4) is 0 Å². The van der Waals surface area contributed by atoms with Gasteiger partial charge in [0.15, 0.2) is 5.78 Å². The minimum Gasteiger partial charge on any atom is -0.295 e. The summed E-state index contributed by atoms with van der Waals surface area (Å²) in [6.07, 6.45) is 3.20. The van der Waals surface area contributed by atoms with Crippen molar-refractivity contribution in [1.82, 2.24) is 0 Å². The summed E-state index contributed by atoms with van der Waals surface area (Å²) in [5.41, 5.74) is 3.40. The van der Waals surface area contributed by atoms with Crippen molar-refractivity contribution in [2.24, 2.45) is 0 Å². The van der Waals surface area contributed by atoms with Gasteiger partial charge in [-0.3, -0.25) is 4.79 Å². The number of carbonyl (C=O) groups is 1. The molecule has 0 bridgehead atoms. The van der Waals surface area contributed by atoms with Crippen LogP contribution in [0.25, 0.3) is 0 Å². The zero-order valence-corrected chi connectivity index (χ0v) is 9.57. The van der Waals surface area contributed by atoms with Gasteiger partial charge in [-0.2, -0.15) is 0 Å². The van der Waals surface area contributed by atoms with Crippen LogP contribution >= 0.6 is 0 Å². The highest BCUT2D eigenvalue weighted by Gasteiger charge is 2.24. The average molecular weight is 212 g/mol. The summed E-state index contributed by atoms with van der Waals surface area (Å²) in [5.74, 6) is 0.395. The number of hydrogen-bond donors (Lipinski definition) is 0. The smallest absolute Gasteiger partial charge is 0.156 e. The number of hydrogen-bond acceptors (Lipinski definition) is 1. The molecule has 16 heavy (non-hydrogen) atoms. The van der Waals surface area contributed by atoms with Gasteiger partial charge in [-0.05, 0) is 29.2 Å². The Balaban J connectivity index is 2.35. The van der Waals surface area contributed by atoms with E-state index in [0.717, 1.165) is 17.6 Å². The highest BCUT2D eigenvalue weighted by Crippen LogP contribution is 2.36. The number of ketones is 1. The Morgan fingerprint density at radius 2 is 2.00 bits per heavy atom. The summed E-state index contributed by atoms with van der Waals surface area (Å²) in [6.45, 7) is 6.21. The van der Waals surface area contributed by atoms with E-state index in [9.17, 15) is 4.79 Å². The standard InChI is InChI=1S/C15H16O/c1-3-12-9-14(16)10-15(11(12)2)13-7-5-4-6-8-13/h4-9,15H,2-3,10H2,1H3. The average Bonchev–Trinajstić information content (AvgIpc) is 2.33. The Hall–Kier alpha value is -1.63. The first-order valence-corrected chi connectivity index (χ1v) is 5.70. The molecule has 82 valence electrons. The first kappa shape index (κ1) is 10.9. The minimum absolute atomic E-state index is 0.175. The molecular weight excluding hydrogens is 196 g/mol. The van der Waals surface area contributed by atoms with Gasteiger partial charge in [0.2, 0.25) is 0 Å². The maximum absolute atomic E-state index is 11.6. The molecule has 0 saturated heterocycles. The third-order valence-electron chi connectivity index (χ3n) is 3.16. The van der Waals surface area contributed by atoms with Crippen LogP contribution in [-0.2, 0) is 4.79 Å². The fourth-order valence-corrected chi connectivity index (χ4v) is 2.23. The predicted octanol–water partition coefficient (Wildman–Crippen LogP) is 3.64. The normalized spacial score (nSPS) is 20.8. The number of benzene rings is 1. The van der Waals surface area contributed by atoms with Crippen LogP contribution in [0.15, 0.2) is 54.1 Å². The quantitative estimate of drug-likeness (QED) is 0.731. The molecule has 0 saturated carbocycles. The van der Waals surface area contributed by atoms with Crippen molar-refractivity contribution in [2.45, 2.75) is 25.7 Å². The molecule has 1 unspecified atom stereocenters. The van der Waals surface area contributed by atoms with E-state index >= 15 is 0 Å². The van der Waals surface area contributed by atoms with E-state index in [1.165, 1.54) is 5.56 Å². The van der Waals surface area contributed by atoms with Crippen LogP contribution in [0, 0.1) is 0 Å². The van der Waals surface area contributed by atoms with Gasteiger partial charge < -0.3 is 0 Å². The minimum atomic E-state index is 0.175. The summed E-state index contributed by atoms with van der Waals surface area (Å²) in [6, 6.07) is 10.2. The maximum atomic E-state index is 11.6. The summed E-state index contributed by atoms with van der Waals surface area (Å²) in [5, 5.41) is 0. The van der Waals surface area contributed by atoms with E-state index in [-0.39, 0.29) is 11.7 Å². The molecular formula is C15H16O. The molecule has 0 spiro atoms. The molecule has 0 amide bonds. The lowest BCUT2D eigenvalue weighted by Crippen LogP contribution is -2.14. The van der Waals surface area contributed by atoms with Gasteiger partial charge in [0, 0.05) is 12.3 Å². The highest BCUT2D eigenvalue weighted by molar-refractivity contribution is 5.94. The van der Waals surface area contributed by atoms with Crippen molar-refractivity contribution in [3.8, 4) is 0 Å². The summed E-state index contributed by atoms with van der Waals surface area (Å²) in [7, 11) is 0. The predicted molar refractivity (Wildman–Crippen MR) is 66.3 cm³/mol. The van der Waals surface area contributed by atoms with E-state index in [1.54, 1.807) is 6.08 Å². The molecule has 1 aromatic rings. The van der Waals surface area contributed by atoms with Crippen LogP contribution in [-0.4, -0.2) is 5.78 Å². The third kappa shape index (κ3) is 1.99. The first-order chi connectivity index (χ1) is 7.72. The number of carbonyl (C=O) groups excluding carboxylic acids is 1. The van der Waals surface area contributed by atoms with E-state index < -0.39 is 0 Å². The second kappa shape index (κ2) is 4.48. The van der Waals surface area contributed by atoms with Crippen molar-refractivity contribution in [2.75, 3.05) is 0 Å². The van der Waals surface area contributed by atoms with Crippen molar-refractivity contribution in [1.29, 1.82) is 0 Å². The molecule has 0 heterocycles. The van der Waals surface area contributed by atoms with Crippen LogP contribution in [0.1, 0.15) is 31.2 Å². The Morgan fingerprint density at radius 3 is 2.62 bits per heavy atom. The molecule has 1 atom stereocenters. The SMILES string of the molecule is C=C1C(CC)=CC(=O)CC1c1ccccc1. The van der Waals surface area contributed by atoms with Gasteiger partial charge in [0.25, 0.3) is 0 Å². The first-order valence-electron chi connectivity index (χ1n) is 5.70. The fourth-order valence-electron chi connectivity index (χ4n) is 2.23. The second-order valence-electron chi connectivity index (χ2n) is 4.18. The lowest BCUT2D eigenvalue weighted by Gasteiger charge is -2.24. The van der Waals surface area contributed by atoms with Crippen LogP contribution in [0.2, 0.25) is 0 Å². The molecule has 1 heteroatoms. The molecule has 1 aliphatic rings. The monoisotopic (exact) mass is 212 g/mol. The summed E-state index contributed by atoms with van der Waals surface area (Å²) >= 11 is 0. The van der Waals surface area contributed by atoms with Gasteiger partial charge in [-0.15, -0.1) is 0 Å². The molecule has 0 aliphatic heterocycles. The molecule has 0 radical (unpaired) electrons. The van der Waals surface area contributed by atoms with Crippen LogP contribution in [0.4, 0.5) is 0 Å². The van der Waals surface area contributed by atoms with Gasteiger partial charge in [0.05, 0.1) is 0 Å². The molecule has 1 aromatic carbocycles. The molecule has 0 fully saturated rings. The van der Waals surface area contributed by atoms with Gasteiger partial charge in [0.1, 0.15) is 0 Å². The van der Waals surface area contributed by atoms with Gasteiger partial charge in [-0.1, -0.05) is 43.8 Å².